The van der Waals surface area contributed by atoms with Crippen molar-refractivity contribution in [3.8, 4) is 17.2 Å². The Morgan fingerprint density at radius 1 is 1.06 bits per heavy atom. The maximum Gasteiger partial charge on any atom is 0.240 e. The van der Waals surface area contributed by atoms with Gasteiger partial charge in [-0.05, 0) is 17.7 Å². The number of alkyl halides is 2. The molecule has 0 heterocycles. The average Bonchev–Trinajstić information content (AvgIpc) is 2.35. The lowest BCUT2D eigenvalue weighted by Gasteiger charge is -2.17. The van der Waals surface area contributed by atoms with Gasteiger partial charge in [-0.3, -0.25) is 0 Å². The van der Waals surface area contributed by atoms with E-state index in [0.29, 0.717) is 22.8 Å². The summed E-state index contributed by atoms with van der Waals surface area (Å²) in [5.74, 6) is 1.21. The van der Waals surface area contributed by atoms with E-state index in [4.69, 9.17) is 19.9 Å². The van der Waals surface area contributed by atoms with E-state index in [-0.39, 0.29) is 0 Å². The lowest BCUT2D eigenvalue weighted by molar-refractivity contribution is 0.128. The van der Waals surface area contributed by atoms with E-state index in [1.54, 1.807) is 12.1 Å². The van der Waals surface area contributed by atoms with Crippen LogP contribution in [0.4, 0.5) is 8.78 Å². The van der Waals surface area contributed by atoms with E-state index in [9.17, 15) is 8.78 Å². The van der Waals surface area contributed by atoms with E-state index < -0.39 is 18.9 Å². The van der Waals surface area contributed by atoms with Gasteiger partial charge in [0, 0.05) is 12.5 Å². The van der Waals surface area contributed by atoms with Crippen LogP contribution < -0.4 is 19.9 Å². The van der Waals surface area contributed by atoms with Gasteiger partial charge in [0.05, 0.1) is 21.3 Å². The fourth-order valence-corrected chi connectivity index (χ4v) is 1.64. The molecule has 0 radical (unpaired) electrons. The zero-order chi connectivity index (χ0) is 13.7. The molecule has 0 fully saturated rings. The Hall–Kier alpha value is -1.56. The molecule has 1 aromatic rings. The van der Waals surface area contributed by atoms with Crippen LogP contribution in [0, 0.1) is 0 Å². The second-order valence-electron chi connectivity index (χ2n) is 3.69. The monoisotopic (exact) mass is 261 g/mol. The Morgan fingerprint density at radius 3 is 1.89 bits per heavy atom. The second kappa shape index (κ2) is 6.39. The third-order valence-corrected chi connectivity index (χ3v) is 2.55. The van der Waals surface area contributed by atoms with Crippen molar-refractivity contribution in [3.63, 3.8) is 0 Å². The summed E-state index contributed by atoms with van der Waals surface area (Å²) in [6, 6.07) is 2.38. The second-order valence-corrected chi connectivity index (χ2v) is 3.69. The first-order chi connectivity index (χ1) is 8.53. The third-order valence-electron chi connectivity index (χ3n) is 2.55. The molecule has 0 spiro atoms. The lowest BCUT2D eigenvalue weighted by atomic mass is 10.0. The van der Waals surface area contributed by atoms with Crippen molar-refractivity contribution < 1.29 is 23.0 Å². The molecule has 0 aliphatic carbocycles. The number of ether oxygens (including phenoxy) is 3. The van der Waals surface area contributed by atoms with Crippen molar-refractivity contribution in [1.82, 2.24) is 0 Å². The number of hydrogen-bond donors (Lipinski definition) is 1. The maximum absolute atomic E-state index is 12.3. The summed E-state index contributed by atoms with van der Waals surface area (Å²) >= 11 is 0. The quantitative estimate of drug-likeness (QED) is 0.854. The highest BCUT2D eigenvalue weighted by Crippen LogP contribution is 2.39. The van der Waals surface area contributed by atoms with Crippen molar-refractivity contribution in [2.45, 2.75) is 18.9 Å². The van der Waals surface area contributed by atoms with Gasteiger partial charge in [-0.15, -0.1) is 0 Å². The van der Waals surface area contributed by atoms with Crippen molar-refractivity contribution in [3.05, 3.63) is 17.7 Å². The SMILES string of the molecule is COc1cc([C@@H](N)CC(F)F)cc(OC)c1OC. The topological polar surface area (TPSA) is 53.7 Å². The molecule has 0 saturated carbocycles. The highest BCUT2D eigenvalue weighted by atomic mass is 19.3. The van der Waals surface area contributed by atoms with E-state index in [1.807, 2.05) is 0 Å². The summed E-state index contributed by atoms with van der Waals surface area (Å²) in [6.07, 6.45) is -2.88. The Morgan fingerprint density at radius 2 is 1.56 bits per heavy atom. The first-order valence-corrected chi connectivity index (χ1v) is 5.37. The van der Waals surface area contributed by atoms with Gasteiger partial charge >= 0.3 is 0 Å². The summed E-state index contributed by atoms with van der Waals surface area (Å²) in [5.41, 5.74) is 6.22. The van der Waals surface area contributed by atoms with E-state index in [1.165, 1.54) is 21.3 Å². The summed E-state index contributed by atoms with van der Waals surface area (Å²) in [6.45, 7) is 0. The first-order valence-electron chi connectivity index (χ1n) is 5.37. The predicted molar refractivity (Wildman–Crippen MR) is 63.6 cm³/mol. The number of rotatable bonds is 6. The number of methoxy groups -OCH3 is 3. The highest BCUT2D eigenvalue weighted by Gasteiger charge is 2.18. The van der Waals surface area contributed by atoms with Gasteiger partial charge in [-0.2, -0.15) is 0 Å². The van der Waals surface area contributed by atoms with Crippen LogP contribution in [0.1, 0.15) is 18.0 Å². The molecule has 1 rings (SSSR count). The molecule has 0 amide bonds. The lowest BCUT2D eigenvalue weighted by Crippen LogP contribution is -2.14. The smallest absolute Gasteiger partial charge is 0.240 e. The zero-order valence-electron chi connectivity index (χ0n) is 10.6. The van der Waals surface area contributed by atoms with E-state index >= 15 is 0 Å². The van der Waals surface area contributed by atoms with Crippen molar-refractivity contribution in [2.75, 3.05) is 21.3 Å². The maximum atomic E-state index is 12.3. The molecule has 0 aromatic heterocycles. The fourth-order valence-electron chi connectivity index (χ4n) is 1.64. The Bertz CT molecular complexity index is 374. The van der Waals surface area contributed by atoms with E-state index in [2.05, 4.69) is 0 Å². The van der Waals surface area contributed by atoms with Gasteiger partial charge in [0.2, 0.25) is 12.2 Å². The minimum Gasteiger partial charge on any atom is -0.493 e. The highest BCUT2D eigenvalue weighted by molar-refractivity contribution is 5.54. The normalized spacial score (nSPS) is 12.4. The summed E-state index contributed by atoms with van der Waals surface area (Å²) in [4.78, 5) is 0. The molecule has 18 heavy (non-hydrogen) atoms. The first kappa shape index (κ1) is 14.5. The summed E-state index contributed by atoms with van der Waals surface area (Å²) in [7, 11) is 4.39. The minimum atomic E-state index is -2.46. The molecule has 6 heteroatoms. The van der Waals surface area contributed by atoms with Crippen molar-refractivity contribution in [2.24, 2.45) is 5.73 Å². The number of benzene rings is 1. The van der Waals surface area contributed by atoms with Crippen molar-refractivity contribution >= 4 is 0 Å². The molecule has 0 aliphatic heterocycles. The molecule has 102 valence electrons. The third kappa shape index (κ3) is 3.22. The van der Waals surface area contributed by atoms with Crippen LogP contribution in [0.25, 0.3) is 0 Å². The summed E-state index contributed by atoms with van der Waals surface area (Å²) < 4.78 is 40.0. The molecule has 1 atom stereocenters. The van der Waals surface area contributed by atoms with Crippen LogP contribution in [-0.2, 0) is 0 Å². The van der Waals surface area contributed by atoms with Gasteiger partial charge < -0.3 is 19.9 Å². The molecule has 2 N–H and O–H groups in total. The molecular formula is C12H17F2NO3. The average molecular weight is 261 g/mol. The van der Waals surface area contributed by atoms with Crippen LogP contribution in [0.15, 0.2) is 12.1 Å². The summed E-state index contributed by atoms with van der Waals surface area (Å²) in [5, 5.41) is 0. The van der Waals surface area contributed by atoms with Crippen LogP contribution in [0.2, 0.25) is 0 Å². The Balaban J connectivity index is 3.14. The Labute approximate surface area is 105 Å². The van der Waals surface area contributed by atoms with Gasteiger partial charge in [0.1, 0.15) is 0 Å². The molecule has 0 saturated heterocycles. The van der Waals surface area contributed by atoms with Crippen LogP contribution in [-0.4, -0.2) is 27.8 Å². The molecule has 0 aliphatic rings. The molecular weight excluding hydrogens is 244 g/mol. The predicted octanol–water partition coefficient (Wildman–Crippen LogP) is 2.37. The fraction of sp³-hybridized carbons (Fsp3) is 0.500. The number of halogens is 2. The van der Waals surface area contributed by atoms with Gasteiger partial charge in [-0.1, -0.05) is 0 Å². The van der Waals surface area contributed by atoms with E-state index in [0.717, 1.165) is 0 Å². The molecule has 0 bridgehead atoms. The van der Waals surface area contributed by atoms with Gasteiger partial charge in [0.15, 0.2) is 11.5 Å². The standard InChI is InChI=1S/C12H17F2NO3/c1-16-9-4-7(8(15)6-11(13)14)5-10(17-2)12(9)18-3/h4-5,8,11H,6,15H2,1-3H3/t8-/m0/s1. The van der Waals surface area contributed by atoms with Crippen LogP contribution >= 0.6 is 0 Å². The van der Waals surface area contributed by atoms with Gasteiger partial charge in [0.25, 0.3) is 0 Å². The number of nitrogens with two attached hydrogens (primary N) is 1. The molecule has 4 nitrogen and oxygen atoms in total. The van der Waals surface area contributed by atoms with Crippen molar-refractivity contribution in [1.29, 1.82) is 0 Å². The van der Waals surface area contributed by atoms with Gasteiger partial charge in [-0.25, -0.2) is 8.78 Å². The van der Waals surface area contributed by atoms with Crippen LogP contribution in [0.5, 0.6) is 17.2 Å². The molecule has 1 aromatic carbocycles. The largest absolute Gasteiger partial charge is 0.493 e. The number of hydrogen-bond acceptors (Lipinski definition) is 4. The van der Waals surface area contributed by atoms with Crippen LogP contribution in [0.3, 0.4) is 0 Å². The zero-order valence-corrected chi connectivity index (χ0v) is 10.6. The Kier molecular flexibility index (Phi) is 5.15. The molecule has 0 unspecified atom stereocenters. The minimum absolute atomic E-state index is 0.400.